The summed E-state index contributed by atoms with van der Waals surface area (Å²) < 4.78 is 27.1. The summed E-state index contributed by atoms with van der Waals surface area (Å²) in [4.78, 5) is 7.05. The van der Waals surface area contributed by atoms with Gasteiger partial charge in [0.15, 0.2) is 5.96 Å². The first-order chi connectivity index (χ1) is 12.5. The topological polar surface area (TPSA) is 73.8 Å². The largest absolute Gasteiger partial charge is 0.352 e. The molecule has 0 bridgehead atoms. The van der Waals surface area contributed by atoms with Crippen molar-refractivity contribution < 1.29 is 8.42 Å². The predicted octanol–water partition coefficient (Wildman–Crippen LogP) is 2.03. The third-order valence-corrected chi connectivity index (χ3v) is 7.60. The van der Waals surface area contributed by atoms with Crippen molar-refractivity contribution in [1.82, 2.24) is 14.9 Å². The first-order valence-electron chi connectivity index (χ1n) is 9.20. The highest BCUT2D eigenvalue weighted by Crippen LogP contribution is 2.23. The quantitative estimate of drug-likeness (QED) is 0.569. The van der Waals surface area contributed by atoms with Crippen LogP contribution in [-0.4, -0.2) is 56.5 Å². The lowest BCUT2D eigenvalue weighted by atomic mass is 10.2. The number of hydrogen-bond donors (Lipinski definition) is 2. The summed E-state index contributed by atoms with van der Waals surface area (Å²) in [5, 5.41) is 4.06. The van der Waals surface area contributed by atoms with Crippen LogP contribution in [0.4, 0.5) is 0 Å². The van der Waals surface area contributed by atoms with E-state index in [9.17, 15) is 8.42 Å². The molecule has 1 heterocycles. The molecule has 1 unspecified atom stereocenters. The highest BCUT2D eigenvalue weighted by atomic mass is 32.2. The zero-order valence-corrected chi connectivity index (χ0v) is 17.1. The summed E-state index contributed by atoms with van der Waals surface area (Å²) in [5.41, 5.74) is 1.04. The normalized spacial score (nSPS) is 21.7. The lowest BCUT2D eigenvalue weighted by Crippen LogP contribution is -2.47. The number of aliphatic imine (C=N–C) groups is 1. The highest BCUT2D eigenvalue weighted by Gasteiger charge is 2.27. The van der Waals surface area contributed by atoms with E-state index in [1.165, 1.54) is 6.42 Å². The Hall–Kier alpha value is -1.25. The average Bonchev–Trinajstić information content (AvgIpc) is 3.46. The molecule has 0 radical (unpaired) electrons. The molecule has 0 spiro atoms. The number of benzene rings is 1. The molecule has 2 fully saturated rings. The molecule has 144 valence electrons. The van der Waals surface area contributed by atoms with Crippen molar-refractivity contribution >= 4 is 27.7 Å². The maximum absolute atomic E-state index is 12.2. The Labute approximate surface area is 160 Å². The fraction of sp³-hybridized carbons (Fsp3) is 0.611. The monoisotopic (exact) mass is 396 g/mol. The van der Waals surface area contributed by atoms with E-state index in [0.29, 0.717) is 16.7 Å². The Morgan fingerprint density at radius 3 is 2.65 bits per heavy atom. The van der Waals surface area contributed by atoms with Crippen molar-refractivity contribution in [3.05, 3.63) is 29.8 Å². The molecule has 1 saturated carbocycles. The van der Waals surface area contributed by atoms with Crippen molar-refractivity contribution in [3.63, 3.8) is 0 Å². The van der Waals surface area contributed by atoms with E-state index in [1.54, 1.807) is 12.1 Å². The molecule has 0 amide bonds. The van der Waals surface area contributed by atoms with Gasteiger partial charge in [0.25, 0.3) is 0 Å². The van der Waals surface area contributed by atoms with Crippen molar-refractivity contribution in [3.8, 4) is 0 Å². The summed E-state index contributed by atoms with van der Waals surface area (Å²) in [5.74, 6) is 2.04. The smallest absolute Gasteiger partial charge is 0.240 e. The van der Waals surface area contributed by atoms with Crippen LogP contribution in [0.5, 0.6) is 0 Å². The van der Waals surface area contributed by atoms with Crippen LogP contribution in [0.15, 0.2) is 34.2 Å². The molecule has 3 rings (SSSR count). The number of sulfonamides is 1. The van der Waals surface area contributed by atoms with E-state index in [1.807, 2.05) is 30.9 Å². The van der Waals surface area contributed by atoms with Crippen molar-refractivity contribution in [2.45, 2.75) is 48.9 Å². The zero-order chi connectivity index (χ0) is 18.6. The number of thioether (sulfide) groups is 1. The second-order valence-corrected chi connectivity index (χ2v) is 9.91. The molecule has 1 aromatic rings. The Morgan fingerprint density at radius 1 is 1.31 bits per heavy atom. The molecule has 26 heavy (non-hydrogen) atoms. The van der Waals surface area contributed by atoms with Gasteiger partial charge in [-0.3, -0.25) is 4.99 Å². The van der Waals surface area contributed by atoms with Gasteiger partial charge in [-0.05, 0) is 37.0 Å². The Bertz CT molecular complexity index is 730. The van der Waals surface area contributed by atoms with Gasteiger partial charge in [0.1, 0.15) is 0 Å². The fourth-order valence-electron chi connectivity index (χ4n) is 2.95. The van der Waals surface area contributed by atoms with E-state index in [0.717, 1.165) is 43.2 Å². The SMILES string of the molecule is CCC1CN(C(=NC)NCc2ccc(S(=O)(=O)NC3CC3)cc2)CCS1. The average molecular weight is 397 g/mol. The van der Waals surface area contributed by atoms with E-state index in [-0.39, 0.29) is 6.04 Å². The van der Waals surface area contributed by atoms with E-state index in [2.05, 4.69) is 26.9 Å². The van der Waals surface area contributed by atoms with Crippen LogP contribution in [0.3, 0.4) is 0 Å². The van der Waals surface area contributed by atoms with Crippen molar-refractivity contribution in [1.29, 1.82) is 0 Å². The van der Waals surface area contributed by atoms with Gasteiger partial charge < -0.3 is 10.2 Å². The first kappa shape index (κ1) is 19.5. The fourth-order valence-corrected chi connectivity index (χ4v) is 5.43. The minimum absolute atomic E-state index is 0.124. The molecule has 1 saturated heterocycles. The van der Waals surface area contributed by atoms with E-state index < -0.39 is 10.0 Å². The van der Waals surface area contributed by atoms with Gasteiger partial charge >= 0.3 is 0 Å². The third-order valence-electron chi connectivity index (χ3n) is 4.69. The second kappa shape index (κ2) is 8.63. The van der Waals surface area contributed by atoms with E-state index >= 15 is 0 Å². The summed E-state index contributed by atoms with van der Waals surface area (Å²) in [7, 11) is -1.57. The van der Waals surface area contributed by atoms with Crippen LogP contribution >= 0.6 is 11.8 Å². The van der Waals surface area contributed by atoms with Crippen LogP contribution in [0.1, 0.15) is 31.7 Å². The van der Waals surface area contributed by atoms with Crippen LogP contribution < -0.4 is 10.0 Å². The number of nitrogens with one attached hydrogen (secondary N) is 2. The maximum atomic E-state index is 12.2. The van der Waals surface area contributed by atoms with Gasteiger partial charge in [0.2, 0.25) is 10.0 Å². The molecule has 1 aliphatic carbocycles. The minimum atomic E-state index is -3.38. The van der Waals surface area contributed by atoms with E-state index in [4.69, 9.17) is 0 Å². The Kier molecular flexibility index (Phi) is 6.47. The van der Waals surface area contributed by atoms with Crippen LogP contribution in [0.25, 0.3) is 0 Å². The van der Waals surface area contributed by atoms with Crippen molar-refractivity contribution in [2.75, 3.05) is 25.9 Å². The van der Waals surface area contributed by atoms with Gasteiger partial charge in [0, 0.05) is 43.7 Å². The molecular formula is C18H28N4O2S2. The summed E-state index contributed by atoms with van der Waals surface area (Å²) in [6.45, 7) is 4.88. The molecule has 1 aromatic carbocycles. The van der Waals surface area contributed by atoms with Crippen LogP contribution in [0, 0.1) is 0 Å². The third kappa shape index (κ3) is 5.14. The number of nitrogens with zero attached hydrogens (tertiary/aromatic N) is 2. The van der Waals surface area contributed by atoms with Gasteiger partial charge in [-0.1, -0.05) is 19.1 Å². The molecule has 2 aliphatic rings. The standard InChI is InChI=1S/C18H28N4O2S2/c1-3-16-13-22(10-11-25-16)18(19-2)20-12-14-4-8-17(9-5-14)26(23,24)21-15-6-7-15/h4-5,8-9,15-16,21H,3,6-7,10-13H2,1-2H3,(H,19,20). The maximum Gasteiger partial charge on any atom is 0.240 e. The number of guanidine groups is 1. The molecule has 0 aromatic heterocycles. The predicted molar refractivity (Wildman–Crippen MR) is 108 cm³/mol. The number of rotatable bonds is 6. The van der Waals surface area contributed by atoms with Gasteiger partial charge in [-0.15, -0.1) is 0 Å². The van der Waals surface area contributed by atoms with Gasteiger partial charge in [-0.2, -0.15) is 11.8 Å². The lowest BCUT2D eigenvalue weighted by molar-refractivity contribution is 0.408. The first-order valence-corrected chi connectivity index (χ1v) is 11.7. The van der Waals surface area contributed by atoms with Crippen LogP contribution in [0.2, 0.25) is 0 Å². The second-order valence-electron chi connectivity index (χ2n) is 6.79. The Balaban J connectivity index is 1.56. The van der Waals surface area contributed by atoms with Crippen molar-refractivity contribution in [2.24, 2.45) is 4.99 Å². The molecule has 8 heteroatoms. The highest BCUT2D eigenvalue weighted by molar-refractivity contribution is 8.00. The Morgan fingerprint density at radius 2 is 2.04 bits per heavy atom. The molecule has 2 N–H and O–H groups in total. The molecule has 1 atom stereocenters. The summed E-state index contributed by atoms with van der Waals surface area (Å²) in [6, 6.07) is 7.20. The summed E-state index contributed by atoms with van der Waals surface area (Å²) >= 11 is 2.03. The minimum Gasteiger partial charge on any atom is -0.352 e. The lowest BCUT2D eigenvalue weighted by Gasteiger charge is -2.34. The molecule has 1 aliphatic heterocycles. The van der Waals surface area contributed by atoms with Gasteiger partial charge in [0.05, 0.1) is 4.90 Å². The molecular weight excluding hydrogens is 368 g/mol. The van der Waals surface area contributed by atoms with Crippen LogP contribution in [-0.2, 0) is 16.6 Å². The summed E-state index contributed by atoms with van der Waals surface area (Å²) in [6.07, 6.45) is 3.05. The zero-order valence-electron chi connectivity index (χ0n) is 15.4. The number of hydrogen-bond acceptors (Lipinski definition) is 4. The molecule has 6 nitrogen and oxygen atoms in total. The van der Waals surface area contributed by atoms with Gasteiger partial charge in [-0.25, -0.2) is 13.1 Å².